The minimum Gasteiger partial charge on any atom is -0.250 e. The normalized spacial score (nSPS) is 9.17. The lowest BCUT2D eigenvalue weighted by atomic mass is 10.2. The molecule has 7 heteroatoms. The van der Waals surface area contributed by atoms with Crippen LogP contribution in [-0.2, 0) is 0 Å². The number of thiazole rings is 2. The fourth-order valence-corrected chi connectivity index (χ4v) is 5.54. The highest BCUT2D eigenvalue weighted by atomic mass is 32.1. The van der Waals surface area contributed by atoms with Crippen LogP contribution in [0.25, 0.3) is 0 Å². The van der Waals surface area contributed by atoms with Crippen LogP contribution in [0.15, 0.2) is 44.7 Å². The van der Waals surface area contributed by atoms with Crippen molar-refractivity contribution in [1.82, 2.24) is 9.97 Å². The van der Waals surface area contributed by atoms with E-state index in [-0.39, 0.29) is 7.43 Å². The van der Waals surface area contributed by atoms with Gasteiger partial charge in [-0.15, -0.1) is 45.3 Å². The summed E-state index contributed by atoms with van der Waals surface area (Å²) in [5, 5.41) is 8.56. The van der Waals surface area contributed by atoms with Gasteiger partial charge in [-0.3, -0.25) is 0 Å². The smallest absolute Gasteiger partial charge is 0.0797 e. The largest absolute Gasteiger partial charge is 0.250 e. The first-order valence-electron chi connectivity index (χ1n) is 11.3. The van der Waals surface area contributed by atoms with E-state index < -0.39 is 0 Å². The summed E-state index contributed by atoms with van der Waals surface area (Å²) in [6.45, 7) is 21.0. The molecule has 0 unspecified atom stereocenters. The third-order valence-corrected chi connectivity index (χ3v) is 9.91. The predicted molar refractivity (Wildman–Crippen MR) is 171 cm³/mol. The number of hydrogen-bond acceptors (Lipinski definition) is 7. The molecule has 198 valence electrons. The van der Waals surface area contributed by atoms with Gasteiger partial charge in [0.15, 0.2) is 0 Å². The predicted octanol–water partition coefficient (Wildman–Crippen LogP) is 11.3. The molecule has 36 heavy (non-hydrogen) atoms. The molecule has 0 aliphatic heterocycles. The van der Waals surface area contributed by atoms with Gasteiger partial charge < -0.3 is 0 Å². The molecule has 0 aliphatic carbocycles. The van der Waals surface area contributed by atoms with E-state index in [4.69, 9.17) is 0 Å². The number of thiophene rings is 3. The number of aryl methyl sites for hydroxylation is 10. The molecule has 5 aromatic heterocycles. The Hall–Kier alpha value is -1.64. The van der Waals surface area contributed by atoms with Gasteiger partial charge in [-0.25, -0.2) is 9.97 Å². The van der Waals surface area contributed by atoms with E-state index in [1.54, 1.807) is 56.7 Å². The molecule has 0 saturated heterocycles. The first kappa shape index (κ1) is 34.4. The van der Waals surface area contributed by atoms with Gasteiger partial charge in [0.25, 0.3) is 0 Å². The second-order valence-corrected chi connectivity index (χ2v) is 13.1. The third kappa shape index (κ3) is 13.6. The van der Waals surface area contributed by atoms with Crippen molar-refractivity contribution in [3.63, 3.8) is 0 Å². The molecule has 0 aliphatic rings. The van der Waals surface area contributed by atoms with Crippen LogP contribution in [0.1, 0.15) is 60.6 Å². The molecule has 0 radical (unpaired) electrons. The molecule has 0 fully saturated rings. The van der Waals surface area contributed by atoms with Crippen molar-refractivity contribution in [2.75, 3.05) is 0 Å². The van der Waals surface area contributed by atoms with Crippen molar-refractivity contribution in [3.05, 3.63) is 97.8 Å². The topological polar surface area (TPSA) is 25.8 Å². The second-order valence-electron chi connectivity index (χ2n) is 8.05. The van der Waals surface area contributed by atoms with Crippen LogP contribution in [0.5, 0.6) is 0 Å². The molecule has 2 nitrogen and oxygen atoms in total. The summed E-state index contributed by atoms with van der Waals surface area (Å²) in [5.74, 6) is 0. The minimum absolute atomic E-state index is 0. The zero-order valence-corrected chi connectivity index (χ0v) is 26.6. The van der Waals surface area contributed by atoms with Crippen LogP contribution in [0.2, 0.25) is 0 Å². The zero-order valence-electron chi connectivity index (χ0n) is 22.6. The first-order valence-corrected chi connectivity index (χ1v) is 15.7. The summed E-state index contributed by atoms with van der Waals surface area (Å²) < 4.78 is 0. The van der Waals surface area contributed by atoms with Crippen molar-refractivity contribution in [3.8, 4) is 0 Å². The number of nitrogens with zero attached hydrogens (tertiary/aromatic N) is 2. The average molecular weight is 579 g/mol. The van der Waals surface area contributed by atoms with Gasteiger partial charge in [-0.05, 0) is 125 Å². The van der Waals surface area contributed by atoms with Gasteiger partial charge >= 0.3 is 0 Å². The molecule has 0 saturated carbocycles. The summed E-state index contributed by atoms with van der Waals surface area (Å²) in [5.41, 5.74) is 11.7. The second kappa shape index (κ2) is 18.6. The lowest BCUT2D eigenvalue weighted by Crippen LogP contribution is -1.68. The van der Waals surface area contributed by atoms with Crippen molar-refractivity contribution in [1.29, 1.82) is 0 Å². The van der Waals surface area contributed by atoms with Crippen LogP contribution >= 0.6 is 56.7 Å². The number of aromatic nitrogens is 2. The van der Waals surface area contributed by atoms with Gasteiger partial charge in [-0.2, -0.15) is 11.3 Å². The summed E-state index contributed by atoms with van der Waals surface area (Å²) in [6, 6.07) is 4.28. The molecule has 5 aromatic rings. The van der Waals surface area contributed by atoms with E-state index in [0.29, 0.717) is 0 Å². The fraction of sp³-hybridized carbons (Fsp3) is 0.379. The molecule has 0 spiro atoms. The minimum atomic E-state index is 0. The SMILES string of the molecule is C.Cc1ccsc1C.Cc1ccsc1C.Cc1cscc1C.Cc1ncsc1C.Cc1ncsc1C. The van der Waals surface area contributed by atoms with E-state index in [0.717, 1.165) is 11.4 Å². The Kier molecular flexibility index (Phi) is 17.7. The average Bonchev–Trinajstić information content (AvgIpc) is 3.64. The van der Waals surface area contributed by atoms with Gasteiger partial charge in [0, 0.05) is 19.5 Å². The Labute approximate surface area is 239 Å². The fourth-order valence-electron chi connectivity index (χ4n) is 2.04. The molecule has 0 aromatic carbocycles. The van der Waals surface area contributed by atoms with Crippen LogP contribution < -0.4 is 0 Å². The van der Waals surface area contributed by atoms with Gasteiger partial charge in [0.05, 0.1) is 22.4 Å². The Morgan fingerprint density at radius 3 is 0.917 bits per heavy atom. The maximum atomic E-state index is 4.03. The van der Waals surface area contributed by atoms with E-state index >= 15 is 0 Å². The quantitative estimate of drug-likeness (QED) is 0.183. The molecule has 5 heterocycles. The Balaban J connectivity index is 0.000000422. The van der Waals surface area contributed by atoms with Gasteiger partial charge in [0.2, 0.25) is 0 Å². The van der Waals surface area contributed by atoms with E-state index in [9.17, 15) is 0 Å². The lowest BCUT2D eigenvalue weighted by molar-refractivity contribution is 1.23. The van der Waals surface area contributed by atoms with Crippen molar-refractivity contribution in [2.24, 2.45) is 0 Å². The lowest BCUT2D eigenvalue weighted by Gasteiger charge is -1.79. The van der Waals surface area contributed by atoms with E-state index in [2.05, 4.69) is 99.0 Å². The standard InChI is InChI=1S/3C6H8S.2C5H7NS.CH4/c1-5-3-7-4-6(5)2;2*1-5-3-4-7-6(5)2;2*1-4-5(2)7-3-6-4;/h3*3-4H,1-2H3;2*3H,1-2H3;1H4. The maximum Gasteiger partial charge on any atom is 0.0797 e. The molecule has 0 atom stereocenters. The van der Waals surface area contributed by atoms with Crippen molar-refractivity contribution >= 4 is 56.7 Å². The summed E-state index contributed by atoms with van der Waals surface area (Å²) in [6.07, 6.45) is 0. The molecule has 0 bridgehead atoms. The molecule has 5 rings (SSSR count). The summed E-state index contributed by atoms with van der Waals surface area (Å²) >= 11 is 8.76. The molecule has 0 N–H and O–H groups in total. The van der Waals surface area contributed by atoms with E-state index in [1.807, 2.05) is 24.9 Å². The zero-order chi connectivity index (χ0) is 26.4. The summed E-state index contributed by atoms with van der Waals surface area (Å²) in [7, 11) is 0. The highest BCUT2D eigenvalue weighted by Gasteiger charge is 1.90. The molecule has 0 amide bonds. The third-order valence-electron chi connectivity index (χ3n) is 5.32. The first-order chi connectivity index (χ1) is 16.5. The van der Waals surface area contributed by atoms with Crippen LogP contribution in [0.4, 0.5) is 0 Å². The maximum absolute atomic E-state index is 4.03. The monoisotopic (exact) mass is 578 g/mol. The Bertz CT molecular complexity index is 915. The molecular weight excluding hydrogens is 537 g/mol. The van der Waals surface area contributed by atoms with Crippen LogP contribution in [0, 0.1) is 69.2 Å². The highest BCUT2D eigenvalue weighted by Crippen LogP contribution is 2.13. The Morgan fingerprint density at radius 1 is 0.472 bits per heavy atom. The van der Waals surface area contributed by atoms with Gasteiger partial charge in [0.1, 0.15) is 0 Å². The highest BCUT2D eigenvalue weighted by molar-refractivity contribution is 7.10. The Morgan fingerprint density at radius 2 is 0.833 bits per heavy atom. The van der Waals surface area contributed by atoms with Crippen molar-refractivity contribution in [2.45, 2.75) is 76.7 Å². The number of rotatable bonds is 0. The molecular formula is C29H42N2S5. The summed E-state index contributed by atoms with van der Waals surface area (Å²) in [4.78, 5) is 13.6. The van der Waals surface area contributed by atoms with Crippen molar-refractivity contribution < 1.29 is 0 Å². The van der Waals surface area contributed by atoms with E-state index in [1.165, 1.54) is 41.8 Å². The number of hydrogen-bond donors (Lipinski definition) is 0. The van der Waals surface area contributed by atoms with Crippen LogP contribution in [-0.4, -0.2) is 9.97 Å². The van der Waals surface area contributed by atoms with Gasteiger partial charge in [-0.1, -0.05) is 7.43 Å². The van der Waals surface area contributed by atoms with Crippen LogP contribution in [0.3, 0.4) is 0 Å².